The molecule has 0 atom stereocenters. The first-order chi connectivity index (χ1) is 13.2. The summed E-state index contributed by atoms with van der Waals surface area (Å²) in [5.74, 6) is 0. The van der Waals surface area contributed by atoms with Crippen molar-refractivity contribution in [3.8, 4) is 11.3 Å². The Morgan fingerprint density at radius 3 is 2.59 bits per heavy atom. The van der Waals surface area contributed by atoms with Gasteiger partial charge >= 0.3 is 0 Å². The van der Waals surface area contributed by atoms with E-state index in [1.807, 2.05) is 0 Å². The molecule has 2 heterocycles. The number of hydrogen-bond donors (Lipinski definition) is 0. The fraction of sp³-hybridized carbons (Fsp3) is 0.208. The van der Waals surface area contributed by atoms with E-state index in [1.54, 1.807) is 0 Å². The van der Waals surface area contributed by atoms with E-state index in [1.165, 1.54) is 32.8 Å². The number of halogens is 1. The minimum absolute atomic E-state index is 0.976. The molecule has 27 heavy (non-hydrogen) atoms. The highest BCUT2D eigenvalue weighted by Gasteiger charge is 2.23. The molecule has 0 saturated carbocycles. The van der Waals surface area contributed by atoms with Gasteiger partial charge in [0.2, 0.25) is 0 Å². The van der Waals surface area contributed by atoms with Gasteiger partial charge in [-0.15, -0.1) is 0 Å². The quantitative estimate of drug-likeness (QED) is 0.361. The lowest BCUT2D eigenvalue weighted by molar-refractivity contribution is 0.269. The first-order valence-electron chi connectivity index (χ1n) is 9.56. The van der Waals surface area contributed by atoms with Gasteiger partial charge in [-0.3, -0.25) is 4.90 Å². The van der Waals surface area contributed by atoms with Crippen LogP contribution in [0.15, 0.2) is 65.1 Å². The van der Waals surface area contributed by atoms with E-state index in [4.69, 9.17) is 4.98 Å². The van der Waals surface area contributed by atoms with Gasteiger partial charge in [-0.2, -0.15) is 0 Å². The number of pyridine rings is 1. The van der Waals surface area contributed by atoms with Crippen LogP contribution in [0.5, 0.6) is 0 Å². The Balaban J connectivity index is 1.85. The van der Waals surface area contributed by atoms with E-state index in [2.05, 4.69) is 88.4 Å². The third-order valence-electron chi connectivity index (χ3n) is 5.72. The fourth-order valence-corrected chi connectivity index (χ4v) is 4.55. The fourth-order valence-electron chi connectivity index (χ4n) is 4.29. The number of aromatic nitrogens is 1. The van der Waals surface area contributed by atoms with Crippen LogP contribution in [0.4, 0.5) is 0 Å². The predicted octanol–water partition coefficient (Wildman–Crippen LogP) is 6.20. The van der Waals surface area contributed by atoms with Crippen LogP contribution in [-0.4, -0.2) is 23.0 Å². The van der Waals surface area contributed by atoms with Crippen LogP contribution < -0.4 is 0 Å². The molecule has 0 N–H and O–H groups in total. The zero-order chi connectivity index (χ0) is 18.4. The highest BCUT2D eigenvalue weighted by atomic mass is 79.9. The number of fused-ring (bicyclic) bond motifs is 5. The van der Waals surface area contributed by atoms with E-state index >= 15 is 0 Å². The summed E-state index contributed by atoms with van der Waals surface area (Å²) >= 11 is 3.55. The summed E-state index contributed by atoms with van der Waals surface area (Å²) in [7, 11) is 0. The second-order valence-corrected chi connectivity index (χ2v) is 8.14. The average molecular weight is 417 g/mol. The maximum atomic E-state index is 5.17. The molecule has 0 aliphatic carbocycles. The lowest BCUT2D eigenvalue weighted by Gasteiger charge is -2.30. The van der Waals surface area contributed by atoms with E-state index in [9.17, 15) is 0 Å². The third-order valence-corrected chi connectivity index (χ3v) is 6.24. The summed E-state index contributed by atoms with van der Waals surface area (Å²) in [5, 5.41) is 3.97. The van der Waals surface area contributed by atoms with Crippen LogP contribution in [0.2, 0.25) is 0 Å². The molecule has 0 spiro atoms. The molecular formula is C24H21BrN2. The zero-order valence-corrected chi connectivity index (χ0v) is 17.0. The second-order valence-electron chi connectivity index (χ2n) is 7.22. The van der Waals surface area contributed by atoms with Crippen LogP contribution in [0, 0.1) is 0 Å². The van der Waals surface area contributed by atoms with Crippen molar-refractivity contribution in [3.05, 3.63) is 76.3 Å². The zero-order valence-electron chi connectivity index (χ0n) is 15.4. The van der Waals surface area contributed by atoms with Crippen molar-refractivity contribution in [2.24, 2.45) is 0 Å². The number of hydrogen-bond acceptors (Lipinski definition) is 2. The molecule has 1 aliphatic rings. The molecule has 0 saturated heterocycles. The van der Waals surface area contributed by atoms with Gasteiger partial charge in [0.15, 0.2) is 0 Å². The number of nitrogens with zero attached hydrogens (tertiary/aromatic N) is 2. The smallest absolute Gasteiger partial charge is 0.0757 e. The van der Waals surface area contributed by atoms with Crippen molar-refractivity contribution in [2.45, 2.75) is 19.9 Å². The molecule has 3 heteroatoms. The minimum Gasteiger partial charge on any atom is -0.299 e. The van der Waals surface area contributed by atoms with Gasteiger partial charge in [0.05, 0.1) is 11.2 Å². The monoisotopic (exact) mass is 416 g/mol. The first kappa shape index (κ1) is 16.9. The third kappa shape index (κ3) is 2.86. The Bertz CT molecular complexity index is 1150. The van der Waals surface area contributed by atoms with Crippen LogP contribution >= 0.6 is 15.9 Å². The summed E-state index contributed by atoms with van der Waals surface area (Å²) in [5.41, 5.74) is 6.32. The van der Waals surface area contributed by atoms with Crippen LogP contribution in [0.3, 0.4) is 0 Å². The molecule has 2 nitrogen and oxygen atoms in total. The molecular weight excluding hydrogens is 396 g/mol. The number of likely N-dealkylation sites (N-methyl/N-ethyl adjacent to an activating group) is 1. The van der Waals surface area contributed by atoms with Crippen molar-refractivity contribution in [1.82, 2.24) is 9.88 Å². The molecule has 0 unspecified atom stereocenters. The Labute approximate surface area is 168 Å². The molecule has 0 amide bonds. The van der Waals surface area contributed by atoms with Crippen molar-refractivity contribution < 1.29 is 0 Å². The molecule has 0 radical (unpaired) electrons. The average Bonchev–Trinajstić information content (AvgIpc) is 2.73. The molecule has 4 aromatic rings. The van der Waals surface area contributed by atoms with E-state index in [-0.39, 0.29) is 0 Å². The maximum Gasteiger partial charge on any atom is 0.0757 e. The SMILES string of the molecule is CCN1CCc2c(c(-c3ccc(Br)cc3)nc3ccc4ccccc4c23)C1. The molecule has 0 bridgehead atoms. The van der Waals surface area contributed by atoms with Gasteiger partial charge in [0.1, 0.15) is 0 Å². The Morgan fingerprint density at radius 1 is 0.963 bits per heavy atom. The van der Waals surface area contributed by atoms with Gasteiger partial charge in [0.25, 0.3) is 0 Å². The molecule has 134 valence electrons. The predicted molar refractivity (Wildman–Crippen MR) is 117 cm³/mol. The Hall–Kier alpha value is -2.23. The first-order valence-corrected chi connectivity index (χ1v) is 10.4. The summed E-state index contributed by atoms with van der Waals surface area (Å²) < 4.78 is 1.10. The summed E-state index contributed by atoms with van der Waals surface area (Å²) in [4.78, 5) is 7.68. The van der Waals surface area contributed by atoms with Gasteiger partial charge in [-0.1, -0.05) is 65.3 Å². The van der Waals surface area contributed by atoms with Gasteiger partial charge in [-0.25, -0.2) is 4.98 Å². The van der Waals surface area contributed by atoms with E-state index in [0.29, 0.717) is 0 Å². The maximum absolute atomic E-state index is 5.17. The molecule has 1 aliphatic heterocycles. The standard InChI is InChI=1S/C24H21BrN2/c1-2-27-14-13-20-21(15-27)24(17-7-10-18(25)11-8-17)26-22-12-9-16-5-3-4-6-19(16)23(20)22/h3-12H,2,13-15H2,1H3. The lowest BCUT2D eigenvalue weighted by Crippen LogP contribution is -2.31. The van der Waals surface area contributed by atoms with E-state index in [0.717, 1.165) is 41.7 Å². The van der Waals surface area contributed by atoms with Crippen LogP contribution in [-0.2, 0) is 13.0 Å². The number of rotatable bonds is 2. The van der Waals surface area contributed by atoms with Gasteiger partial charge < -0.3 is 0 Å². The normalized spacial score (nSPS) is 14.6. The van der Waals surface area contributed by atoms with Crippen molar-refractivity contribution in [1.29, 1.82) is 0 Å². The lowest BCUT2D eigenvalue weighted by atomic mass is 9.89. The molecule has 5 rings (SSSR count). The summed E-state index contributed by atoms with van der Waals surface area (Å²) in [6, 6.07) is 21.6. The molecule has 3 aromatic carbocycles. The topological polar surface area (TPSA) is 16.1 Å². The molecule has 0 fully saturated rings. The molecule has 1 aromatic heterocycles. The van der Waals surface area contributed by atoms with Gasteiger partial charge in [-0.05, 0) is 53.1 Å². The number of benzene rings is 3. The van der Waals surface area contributed by atoms with Crippen LogP contribution in [0.25, 0.3) is 32.9 Å². The van der Waals surface area contributed by atoms with Gasteiger partial charge in [0, 0.05) is 28.5 Å². The Kier molecular flexibility index (Phi) is 4.22. The minimum atomic E-state index is 0.976. The van der Waals surface area contributed by atoms with Crippen molar-refractivity contribution >= 4 is 37.6 Å². The summed E-state index contributed by atoms with van der Waals surface area (Å²) in [6.07, 6.45) is 1.08. The highest BCUT2D eigenvalue weighted by molar-refractivity contribution is 9.10. The Morgan fingerprint density at radius 2 is 1.78 bits per heavy atom. The van der Waals surface area contributed by atoms with Crippen molar-refractivity contribution in [2.75, 3.05) is 13.1 Å². The highest BCUT2D eigenvalue weighted by Crippen LogP contribution is 2.37. The van der Waals surface area contributed by atoms with Crippen LogP contribution in [0.1, 0.15) is 18.1 Å². The summed E-state index contributed by atoms with van der Waals surface area (Å²) in [6.45, 7) is 5.41. The van der Waals surface area contributed by atoms with E-state index < -0.39 is 0 Å². The van der Waals surface area contributed by atoms with Crippen molar-refractivity contribution in [3.63, 3.8) is 0 Å². The second kappa shape index (κ2) is 6.74. The largest absolute Gasteiger partial charge is 0.299 e.